The van der Waals surface area contributed by atoms with E-state index in [9.17, 15) is 9.59 Å². The van der Waals surface area contributed by atoms with Gasteiger partial charge in [0.05, 0.1) is 0 Å². The van der Waals surface area contributed by atoms with Gasteiger partial charge in [-0.2, -0.15) is 5.10 Å². The number of carbonyl (C=O) groups is 2. The molecule has 0 unspecified atom stereocenters. The predicted molar refractivity (Wildman–Crippen MR) is 52.7 cm³/mol. The molecule has 0 spiro atoms. The Bertz CT molecular complexity index is 377. The summed E-state index contributed by atoms with van der Waals surface area (Å²) in [4.78, 5) is 23.6. The summed E-state index contributed by atoms with van der Waals surface area (Å²) in [6.07, 6.45) is 6.88. The number of hydrogen-bond donors (Lipinski definition) is 0. The Morgan fingerprint density at radius 2 is 1.87 bits per heavy atom. The van der Waals surface area contributed by atoms with Crippen LogP contribution in [0.4, 0.5) is 0 Å². The van der Waals surface area contributed by atoms with Crippen LogP contribution in [0.3, 0.4) is 0 Å². The maximum absolute atomic E-state index is 11.2. The first kappa shape index (κ1) is 9.64. The number of amides is 2. The van der Waals surface area contributed by atoms with Crippen molar-refractivity contribution in [2.24, 2.45) is 0 Å². The fourth-order valence-corrected chi connectivity index (χ4v) is 1.48. The molecule has 0 aromatic carbocycles. The van der Waals surface area contributed by atoms with E-state index in [4.69, 9.17) is 0 Å². The van der Waals surface area contributed by atoms with Gasteiger partial charge >= 0.3 is 0 Å². The maximum Gasteiger partial charge on any atom is 0.253 e. The van der Waals surface area contributed by atoms with Crippen LogP contribution in [0.2, 0.25) is 0 Å². The van der Waals surface area contributed by atoms with Crippen LogP contribution in [0.5, 0.6) is 0 Å². The fourth-order valence-electron chi connectivity index (χ4n) is 1.48. The highest BCUT2D eigenvalue weighted by Crippen LogP contribution is 2.04. The number of aryl methyl sites for hydroxylation is 1. The third-order valence-corrected chi connectivity index (χ3v) is 2.23. The van der Waals surface area contributed by atoms with Crippen molar-refractivity contribution in [3.63, 3.8) is 0 Å². The number of imide groups is 1. The van der Waals surface area contributed by atoms with Gasteiger partial charge in [0, 0.05) is 37.6 Å². The topological polar surface area (TPSA) is 55.2 Å². The monoisotopic (exact) mass is 205 g/mol. The van der Waals surface area contributed by atoms with E-state index in [1.54, 1.807) is 10.9 Å². The minimum Gasteiger partial charge on any atom is -0.275 e. The van der Waals surface area contributed by atoms with Crippen molar-refractivity contribution in [1.82, 2.24) is 14.7 Å². The van der Waals surface area contributed by atoms with Gasteiger partial charge < -0.3 is 0 Å². The molecule has 0 saturated carbocycles. The number of nitrogens with zero attached hydrogens (tertiary/aromatic N) is 3. The van der Waals surface area contributed by atoms with Crippen LogP contribution in [0.1, 0.15) is 6.42 Å². The Hall–Kier alpha value is -1.91. The molecule has 78 valence electrons. The molecule has 15 heavy (non-hydrogen) atoms. The molecular formula is C10H11N3O2. The molecule has 0 atom stereocenters. The lowest BCUT2D eigenvalue weighted by Gasteiger charge is -2.12. The molecule has 2 amide bonds. The average molecular weight is 205 g/mol. The highest BCUT2D eigenvalue weighted by atomic mass is 16.2. The van der Waals surface area contributed by atoms with E-state index in [1.807, 2.05) is 12.3 Å². The summed E-state index contributed by atoms with van der Waals surface area (Å²) in [5.74, 6) is -0.444. The minimum atomic E-state index is -0.222. The number of aromatic nitrogens is 2. The van der Waals surface area contributed by atoms with E-state index in [1.165, 1.54) is 17.1 Å². The summed E-state index contributed by atoms with van der Waals surface area (Å²) in [7, 11) is 0. The molecule has 2 heterocycles. The van der Waals surface area contributed by atoms with E-state index in [-0.39, 0.29) is 11.8 Å². The molecule has 1 aromatic rings. The smallest absolute Gasteiger partial charge is 0.253 e. The van der Waals surface area contributed by atoms with E-state index >= 15 is 0 Å². The summed E-state index contributed by atoms with van der Waals surface area (Å²) in [5.41, 5.74) is 0. The van der Waals surface area contributed by atoms with Gasteiger partial charge in [0.1, 0.15) is 0 Å². The van der Waals surface area contributed by atoms with Crippen LogP contribution in [0.15, 0.2) is 30.6 Å². The maximum atomic E-state index is 11.2. The molecule has 0 fully saturated rings. The molecule has 1 aliphatic rings. The molecule has 0 N–H and O–H groups in total. The zero-order valence-corrected chi connectivity index (χ0v) is 8.17. The Labute approximate surface area is 87.0 Å². The Morgan fingerprint density at radius 3 is 2.47 bits per heavy atom. The summed E-state index contributed by atoms with van der Waals surface area (Å²) in [6.45, 7) is 1.16. The SMILES string of the molecule is O=C1C=CC(=O)N1CCCn1cccn1. The third kappa shape index (κ3) is 2.12. The highest BCUT2D eigenvalue weighted by Gasteiger charge is 2.22. The summed E-state index contributed by atoms with van der Waals surface area (Å²) in [6, 6.07) is 1.84. The lowest BCUT2D eigenvalue weighted by atomic mass is 10.4. The zero-order chi connectivity index (χ0) is 10.7. The summed E-state index contributed by atoms with van der Waals surface area (Å²) < 4.78 is 1.78. The van der Waals surface area contributed by atoms with Crippen LogP contribution >= 0.6 is 0 Å². The molecule has 2 rings (SSSR count). The molecule has 0 saturated heterocycles. The molecule has 0 aliphatic carbocycles. The van der Waals surface area contributed by atoms with E-state index in [0.717, 1.165) is 6.42 Å². The molecule has 5 nitrogen and oxygen atoms in total. The van der Waals surface area contributed by atoms with Crippen LogP contribution in [-0.2, 0) is 16.1 Å². The van der Waals surface area contributed by atoms with Gasteiger partial charge in [-0.05, 0) is 12.5 Å². The van der Waals surface area contributed by atoms with Crippen molar-refractivity contribution in [3.8, 4) is 0 Å². The van der Waals surface area contributed by atoms with Gasteiger partial charge in [0.15, 0.2) is 0 Å². The lowest BCUT2D eigenvalue weighted by molar-refractivity contribution is -0.136. The molecule has 1 aliphatic heterocycles. The van der Waals surface area contributed by atoms with Gasteiger partial charge in [0.2, 0.25) is 0 Å². The van der Waals surface area contributed by atoms with Crippen LogP contribution in [-0.4, -0.2) is 33.0 Å². The minimum absolute atomic E-state index is 0.222. The molecule has 1 aromatic heterocycles. The van der Waals surface area contributed by atoms with Crippen LogP contribution < -0.4 is 0 Å². The van der Waals surface area contributed by atoms with Gasteiger partial charge in [-0.15, -0.1) is 0 Å². The van der Waals surface area contributed by atoms with Gasteiger partial charge in [-0.1, -0.05) is 0 Å². The quantitative estimate of drug-likeness (QED) is 0.660. The summed E-state index contributed by atoms with van der Waals surface area (Å²) >= 11 is 0. The normalized spacial score (nSPS) is 15.3. The molecule has 0 radical (unpaired) electrons. The van der Waals surface area contributed by atoms with Crippen molar-refractivity contribution in [2.45, 2.75) is 13.0 Å². The van der Waals surface area contributed by atoms with Crippen molar-refractivity contribution < 1.29 is 9.59 Å². The van der Waals surface area contributed by atoms with Crippen molar-refractivity contribution in [2.75, 3.05) is 6.54 Å². The number of carbonyl (C=O) groups excluding carboxylic acids is 2. The first-order chi connectivity index (χ1) is 7.27. The largest absolute Gasteiger partial charge is 0.275 e. The standard InChI is InChI=1S/C10H11N3O2/c14-9-3-4-10(15)13(9)8-2-7-12-6-1-5-11-12/h1,3-6H,2,7-8H2. The van der Waals surface area contributed by atoms with Crippen molar-refractivity contribution in [1.29, 1.82) is 0 Å². The first-order valence-electron chi connectivity index (χ1n) is 4.78. The van der Waals surface area contributed by atoms with Gasteiger partial charge in [0.25, 0.3) is 11.8 Å². The van der Waals surface area contributed by atoms with E-state index < -0.39 is 0 Å². The van der Waals surface area contributed by atoms with Crippen molar-refractivity contribution in [3.05, 3.63) is 30.6 Å². The average Bonchev–Trinajstić information content (AvgIpc) is 2.82. The number of hydrogen-bond acceptors (Lipinski definition) is 3. The molecule has 5 heteroatoms. The Morgan fingerprint density at radius 1 is 1.13 bits per heavy atom. The molecule has 0 bridgehead atoms. The highest BCUT2D eigenvalue weighted by molar-refractivity contribution is 6.12. The van der Waals surface area contributed by atoms with Crippen LogP contribution in [0.25, 0.3) is 0 Å². The van der Waals surface area contributed by atoms with E-state index in [2.05, 4.69) is 5.10 Å². The lowest BCUT2D eigenvalue weighted by Crippen LogP contribution is -2.31. The zero-order valence-electron chi connectivity index (χ0n) is 8.17. The van der Waals surface area contributed by atoms with Crippen LogP contribution in [0, 0.1) is 0 Å². The third-order valence-electron chi connectivity index (χ3n) is 2.23. The second kappa shape index (κ2) is 4.08. The second-order valence-electron chi connectivity index (χ2n) is 3.28. The Balaban J connectivity index is 1.79. The van der Waals surface area contributed by atoms with Crippen molar-refractivity contribution >= 4 is 11.8 Å². The van der Waals surface area contributed by atoms with E-state index in [0.29, 0.717) is 13.1 Å². The number of rotatable bonds is 4. The second-order valence-corrected chi connectivity index (χ2v) is 3.28. The summed E-state index contributed by atoms with van der Waals surface area (Å²) in [5, 5.41) is 4.03. The first-order valence-corrected chi connectivity index (χ1v) is 4.78. The van der Waals surface area contributed by atoms with Gasteiger partial charge in [-0.3, -0.25) is 19.2 Å². The predicted octanol–water partition coefficient (Wildman–Crippen LogP) is 0.198. The fraction of sp³-hybridized carbons (Fsp3) is 0.300. The van der Waals surface area contributed by atoms with Gasteiger partial charge in [-0.25, -0.2) is 0 Å². The molecular weight excluding hydrogens is 194 g/mol. The Kier molecular flexibility index (Phi) is 2.62.